The number of anilines is 2. The van der Waals surface area contributed by atoms with Crippen molar-refractivity contribution in [1.82, 2.24) is 9.55 Å². The Morgan fingerprint density at radius 3 is 2.39 bits per heavy atom. The van der Waals surface area contributed by atoms with E-state index in [1.807, 2.05) is 0 Å². The molecule has 0 amide bonds. The Hall–Kier alpha value is -2.64. The van der Waals surface area contributed by atoms with Gasteiger partial charge in [-0.1, -0.05) is 12.1 Å². The lowest BCUT2D eigenvalue weighted by molar-refractivity contribution is -0.140. The summed E-state index contributed by atoms with van der Waals surface area (Å²) in [4.78, 5) is 4.17. The molecule has 0 fully saturated rings. The van der Waals surface area contributed by atoms with Crippen LogP contribution >= 0.6 is 0 Å². The molecule has 0 aliphatic rings. The van der Waals surface area contributed by atoms with Crippen molar-refractivity contribution in [3.05, 3.63) is 53.6 Å². The van der Waals surface area contributed by atoms with Crippen LogP contribution in [0.4, 0.5) is 33.6 Å². The van der Waals surface area contributed by atoms with Gasteiger partial charge in [0.2, 0.25) is 5.95 Å². The summed E-state index contributed by atoms with van der Waals surface area (Å²) in [5.41, 5.74) is -0.734. The quantitative estimate of drug-likeness (QED) is 0.696. The fraction of sp³-hybridized carbons (Fsp3) is 0.133. The lowest BCUT2D eigenvalue weighted by Gasteiger charge is -2.12. The van der Waals surface area contributed by atoms with Crippen LogP contribution in [0, 0.1) is 11.6 Å². The molecule has 3 nitrogen and oxygen atoms in total. The molecule has 0 unspecified atom stereocenters. The van der Waals surface area contributed by atoms with Crippen LogP contribution in [-0.2, 0) is 13.2 Å². The second-order valence-electron chi connectivity index (χ2n) is 4.92. The first-order valence-corrected chi connectivity index (χ1v) is 6.52. The van der Waals surface area contributed by atoms with Crippen molar-refractivity contribution in [2.45, 2.75) is 6.18 Å². The van der Waals surface area contributed by atoms with Gasteiger partial charge in [0.25, 0.3) is 0 Å². The molecule has 0 aliphatic heterocycles. The summed E-state index contributed by atoms with van der Waals surface area (Å²) < 4.78 is 66.9. The Balaban J connectivity index is 2.07. The van der Waals surface area contributed by atoms with E-state index in [0.29, 0.717) is 17.1 Å². The number of rotatable bonds is 2. The minimum atomic E-state index is -4.92. The smallest absolute Gasteiger partial charge is 0.323 e. The molecule has 3 rings (SSSR count). The summed E-state index contributed by atoms with van der Waals surface area (Å²) in [6.07, 6.45) is -4.92. The Kier molecular flexibility index (Phi) is 3.46. The normalized spacial score (nSPS) is 11.9. The molecule has 0 spiro atoms. The summed E-state index contributed by atoms with van der Waals surface area (Å²) in [5.74, 6) is -2.65. The summed E-state index contributed by atoms with van der Waals surface area (Å²) in [6, 6.07) is 7.59. The predicted octanol–water partition coefficient (Wildman–Crippen LogP) is 4.61. The topological polar surface area (TPSA) is 29.9 Å². The van der Waals surface area contributed by atoms with Gasteiger partial charge in [0, 0.05) is 13.1 Å². The lowest BCUT2D eigenvalue weighted by atomic mass is 10.1. The van der Waals surface area contributed by atoms with Crippen molar-refractivity contribution in [2.24, 2.45) is 7.05 Å². The Morgan fingerprint density at radius 2 is 1.74 bits per heavy atom. The van der Waals surface area contributed by atoms with Crippen LogP contribution in [0.3, 0.4) is 0 Å². The molecule has 0 saturated heterocycles. The van der Waals surface area contributed by atoms with E-state index >= 15 is 0 Å². The molecule has 1 N–H and O–H groups in total. The van der Waals surface area contributed by atoms with Gasteiger partial charge in [-0.05, 0) is 18.2 Å². The van der Waals surface area contributed by atoms with E-state index in [0.717, 1.165) is 0 Å². The number of imidazole rings is 1. The third-order valence-electron chi connectivity index (χ3n) is 3.40. The molecule has 0 radical (unpaired) electrons. The van der Waals surface area contributed by atoms with Gasteiger partial charge < -0.3 is 9.88 Å². The standard InChI is InChI=1S/C15H10F5N3/c1-23-13-5-3-2-4-11(13)21-14(23)22-12-6-8(15(18,19)20)9(16)7-10(12)17/h2-7H,1H3,(H,21,22). The highest BCUT2D eigenvalue weighted by molar-refractivity contribution is 5.79. The number of halogens is 5. The van der Waals surface area contributed by atoms with Gasteiger partial charge >= 0.3 is 6.18 Å². The van der Waals surface area contributed by atoms with Crippen molar-refractivity contribution in [3.8, 4) is 0 Å². The number of nitrogens with zero attached hydrogens (tertiary/aromatic N) is 2. The van der Waals surface area contributed by atoms with E-state index in [1.165, 1.54) is 0 Å². The van der Waals surface area contributed by atoms with Gasteiger partial charge in [-0.15, -0.1) is 0 Å². The number of benzene rings is 2. The van der Waals surface area contributed by atoms with Crippen molar-refractivity contribution >= 4 is 22.7 Å². The highest BCUT2D eigenvalue weighted by atomic mass is 19.4. The number of hydrogen-bond acceptors (Lipinski definition) is 2. The fourth-order valence-electron chi connectivity index (χ4n) is 2.24. The third-order valence-corrected chi connectivity index (χ3v) is 3.40. The van der Waals surface area contributed by atoms with Gasteiger partial charge in [-0.3, -0.25) is 0 Å². The molecule has 0 aliphatic carbocycles. The highest BCUT2D eigenvalue weighted by Gasteiger charge is 2.35. The van der Waals surface area contributed by atoms with Crippen LogP contribution in [0.2, 0.25) is 0 Å². The van der Waals surface area contributed by atoms with Crippen LogP contribution in [0.5, 0.6) is 0 Å². The number of nitrogens with one attached hydrogen (secondary N) is 1. The maximum atomic E-state index is 13.8. The second-order valence-corrected chi connectivity index (χ2v) is 4.92. The minimum Gasteiger partial charge on any atom is -0.323 e. The number of alkyl halides is 3. The van der Waals surface area contributed by atoms with E-state index in [1.54, 1.807) is 35.9 Å². The van der Waals surface area contributed by atoms with E-state index in [4.69, 9.17) is 0 Å². The third kappa shape index (κ3) is 2.71. The summed E-state index contributed by atoms with van der Waals surface area (Å²) in [5, 5.41) is 2.48. The van der Waals surface area contributed by atoms with Crippen LogP contribution < -0.4 is 5.32 Å². The van der Waals surface area contributed by atoms with Crippen LogP contribution in [0.25, 0.3) is 11.0 Å². The molecule has 1 heterocycles. The maximum absolute atomic E-state index is 13.8. The fourth-order valence-corrected chi connectivity index (χ4v) is 2.24. The van der Waals surface area contributed by atoms with E-state index in [9.17, 15) is 22.0 Å². The first kappa shape index (κ1) is 15.3. The average Bonchev–Trinajstić information content (AvgIpc) is 2.77. The van der Waals surface area contributed by atoms with Gasteiger partial charge in [0.15, 0.2) is 0 Å². The van der Waals surface area contributed by atoms with Gasteiger partial charge in [0.1, 0.15) is 11.6 Å². The molecule has 2 aromatic carbocycles. The predicted molar refractivity (Wildman–Crippen MR) is 75.4 cm³/mol. The Bertz CT molecular complexity index is 883. The summed E-state index contributed by atoms with van der Waals surface area (Å²) in [6.45, 7) is 0. The summed E-state index contributed by atoms with van der Waals surface area (Å²) in [7, 11) is 1.63. The van der Waals surface area contributed by atoms with Crippen molar-refractivity contribution in [3.63, 3.8) is 0 Å². The minimum absolute atomic E-state index is 0.143. The van der Waals surface area contributed by atoms with E-state index in [2.05, 4.69) is 10.3 Å². The zero-order chi connectivity index (χ0) is 16.8. The van der Waals surface area contributed by atoms with E-state index in [-0.39, 0.29) is 12.0 Å². The monoisotopic (exact) mass is 327 g/mol. The molecule has 0 atom stereocenters. The Morgan fingerprint density at radius 1 is 1.04 bits per heavy atom. The second kappa shape index (κ2) is 5.22. The van der Waals surface area contributed by atoms with Crippen molar-refractivity contribution in [1.29, 1.82) is 0 Å². The van der Waals surface area contributed by atoms with Gasteiger partial charge in [0.05, 0.1) is 22.3 Å². The van der Waals surface area contributed by atoms with Crippen LogP contribution in [0.15, 0.2) is 36.4 Å². The first-order valence-electron chi connectivity index (χ1n) is 6.52. The Labute approximate surface area is 127 Å². The van der Waals surface area contributed by atoms with Crippen molar-refractivity contribution in [2.75, 3.05) is 5.32 Å². The molecule has 0 bridgehead atoms. The van der Waals surface area contributed by atoms with Gasteiger partial charge in [-0.25, -0.2) is 13.8 Å². The SMILES string of the molecule is Cn1c(Nc2cc(C(F)(F)F)c(F)cc2F)nc2ccccc21. The van der Waals surface area contributed by atoms with Crippen LogP contribution in [0.1, 0.15) is 5.56 Å². The van der Waals surface area contributed by atoms with Gasteiger partial charge in [-0.2, -0.15) is 13.2 Å². The molecular weight excluding hydrogens is 317 g/mol. The number of hydrogen-bond donors (Lipinski definition) is 1. The number of aryl methyl sites for hydroxylation is 1. The number of aromatic nitrogens is 2. The summed E-state index contributed by atoms with van der Waals surface area (Å²) >= 11 is 0. The lowest BCUT2D eigenvalue weighted by Crippen LogP contribution is -2.10. The van der Waals surface area contributed by atoms with Crippen molar-refractivity contribution < 1.29 is 22.0 Å². The zero-order valence-corrected chi connectivity index (χ0v) is 11.7. The molecule has 23 heavy (non-hydrogen) atoms. The average molecular weight is 327 g/mol. The molecule has 3 aromatic rings. The highest BCUT2D eigenvalue weighted by Crippen LogP contribution is 2.35. The molecule has 120 valence electrons. The zero-order valence-electron chi connectivity index (χ0n) is 11.7. The van der Waals surface area contributed by atoms with Crippen LogP contribution in [-0.4, -0.2) is 9.55 Å². The largest absolute Gasteiger partial charge is 0.419 e. The molecule has 0 saturated carbocycles. The molecular formula is C15H10F5N3. The molecule has 1 aromatic heterocycles. The van der Waals surface area contributed by atoms with E-state index < -0.39 is 29.1 Å². The number of para-hydroxylation sites is 2. The molecule has 8 heteroatoms. The first-order chi connectivity index (χ1) is 10.8. The maximum Gasteiger partial charge on any atom is 0.419 e. The number of fused-ring (bicyclic) bond motifs is 1.